The monoisotopic (exact) mass is 325 g/mol. The smallest absolute Gasteiger partial charge is 0.407 e. The van der Waals surface area contributed by atoms with E-state index in [0.717, 1.165) is 25.7 Å². The Balaban J connectivity index is 0.00000264. The Morgan fingerprint density at radius 2 is 1.96 bits per heavy atom. The summed E-state index contributed by atoms with van der Waals surface area (Å²) in [7, 11) is 0. The highest BCUT2D eigenvalue weighted by atomic mass is 19.1. The lowest BCUT2D eigenvalue weighted by Gasteiger charge is -2.33. The van der Waals surface area contributed by atoms with Crippen molar-refractivity contribution in [2.24, 2.45) is 0 Å². The van der Waals surface area contributed by atoms with E-state index in [1.54, 1.807) is 12.3 Å². The molecule has 1 heterocycles. The Bertz CT molecular complexity index is 517. The molecular formula is C17H28FN3O2. The molecule has 0 spiro atoms. The van der Waals surface area contributed by atoms with Crippen molar-refractivity contribution in [2.45, 2.75) is 71.6 Å². The minimum atomic E-state index is -0.533. The van der Waals surface area contributed by atoms with E-state index in [-0.39, 0.29) is 31.1 Å². The van der Waals surface area contributed by atoms with Crippen LogP contribution in [0.25, 0.3) is 0 Å². The fourth-order valence-corrected chi connectivity index (χ4v) is 2.60. The van der Waals surface area contributed by atoms with Crippen LogP contribution in [0.3, 0.4) is 0 Å². The molecule has 1 saturated carbocycles. The van der Waals surface area contributed by atoms with Gasteiger partial charge in [0.15, 0.2) is 11.6 Å². The number of rotatable bonds is 3. The molecule has 2 N–H and O–H groups in total. The van der Waals surface area contributed by atoms with Gasteiger partial charge >= 0.3 is 6.09 Å². The highest BCUT2D eigenvalue weighted by molar-refractivity contribution is 5.68. The van der Waals surface area contributed by atoms with Crippen LogP contribution in [0.1, 0.15) is 53.9 Å². The van der Waals surface area contributed by atoms with Crippen molar-refractivity contribution < 1.29 is 13.9 Å². The Hall–Kier alpha value is -1.85. The molecule has 23 heavy (non-hydrogen) atoms. The Morgan fingerprint density at radius 3 is 2.57 bits per heavy atom. The van der Waals surface area contributed by atoms with Crippen molar-refractivity contribution in [3.05, 3.63) is 24.1 Å². The molecule has 1 aromatic heterocycles. The minimum absolute atomic E-state index is 0. The number of anilines is 1. The predicted molar refractivity (Wildman–Crippen MR) is 90.0 cm³/mol. The lowest BCUT2D eigenvalue weighted by molar-refractivity contribution is 0.0488. The maximum Gasteiger partial charge on any atom is 0.407 e. The van der Waals surface area contributed by atoms with Gasteiger partial charge in [-0.3, -0.25) is 0 Å². The molecule has 1 fully saturated rings. The lowest BCUT2D eigenvalue weighted by atomic mass is 9.90. The summed E-state index contributed by atoms with van der Waals surface area (Å²) in [5, 5.41) is 6.00. The van der Waals surface area contributed by atoms with E-state index in [4.69, 9.17) is 4.74 Å². The van der Waals surface area contributed by atoms with Gasteiger partial charge < -0.3 is 15.4 Å². The van der Waals surface area contributed by atoms with Crippen LogP contribution in [0.15, 0.2) is 18.3 Å². The maximum atomic E-state index is 13.7. The van der Waals surface area contributed by atoms with E-state index in [2.05, 4.69) is 15.6 Å². The molecule has 6 heteroatoms. The largest absolute Gasteiger partial charge is 0.444 e. The number of amides is 1. The molecule has 0 unspecified atom stereocenters. The summed E-state index contributed by atoms with van der Waals surface area (Å²) in [4.78, 5) is 16.0. The first-order valence-electron chi connectivity index (χ1n) is 7.72. The first kappa shape index (κ1) is 19.2. The maximum absolute atomic E-state index is 13.7. The molecule has 130 valence electrons. The summed E-state index contributed by atoms with van der Waals surface area (Å²) in [6.45, 7) is 5.48. The van der Waals surface area contributed by atoms with E-state index < -0.39 is 11.7 Å². The second-order valence-electron chi connectivity index (χ2n) is 6.62. The number of hydrogen-bond acceptors (Lipinski definition) is 4. The van der Waals surface area contributed by atoms with Crippen LogP contribution in [0.4, 0.5) is 15.0 Å². The van der Waals surface area contributed by atoms with Crippen molar-refractivity contribution in [2.75, 3.05) is 5.32 Å². The van der Waals surface area contributed by atoms with Crippen LogP contribution in [-0.2, 0) is 4.74 Å². The van der Waals surface area contributed by atoms with Crippen LogP contribution in [0.2, 0.25) is 0 Å². The number of pyridine rings is 1. The van der Waals surface area contributed by atoms with Gasteiger partial charge in [-0.25, -0.2) is 14.2 Å². The first-order chi connectivity index (χ1) is 10.3. The molecule has 2 atom stereocenters. The Morgan fingerprint density at radius 1 is 1.30 bits per heavy atom. The second kappa shape index (κ2) is 8.13. The van der Waals surface area contributed by atoms with Gasteiger partial charge in [0.2, 0.25) is 0 Å². The Labute approximate surface area is 138 Å². The van der Waals surface area contributed by atoms with Crippen molar-refractivity contribution in [3.63, 3.8) is 0 Å². The molecule has 0 saturated heterocycles. The van der Waals surface area contributed by atoms with E-state index in [9.17, 15) is 9.18 Å². The van der Waals surface area contributed by atoms with Gasteiger partial charge in [0, 0.05) is 12.2 Å². The number of aromatic nitrogens is 1. The second-order valence-corrected chi connectivity index (χ2v) is 6.62. The van der Waals surface area contributed by atoms with Crippen LogP contribution >= 0.6 is 0 Å². The fraction of sp³-hybridized carbons (Fsp3) is 0.647. The molecule has 0 bridgehead atoms. The molecule has 2 rings (SSSR count). The van der Waals surface area contributed by atoms with Gasteiger partial charge in [0.05, 0.1) is 6.04 Å². The third-order valence-corrected chi connectivity index (χ3v) is 3.55. The summed E-state index contributed by atoms with van der Waals surface area (Å²) in [6, 6.07) is 2.78. The number of alkyl carbamates (subject to hydrolysis) is 1. The number of carbonyl (C=O) groups is 1. The summed E-state index contributed by atoms with van der Waals surface area (Å²) in [5.74, 6) is -0.158. The number of hydrogen-bond donors (Lipinski definition) is 2. The summed E-state index contributed by atoms with van der Waals surface area (Å²) < 4.78 is 19.0. The fourth-order valence-electron chi connectivity index (χ4n) is 2.60. The van der Waals surface area contributed by atoms with Crippen LogP contribution in [-0.4, -0.2) is 28.8 Å². The lowest BCUT2D eigenvalue weighted by Crippen LogP contribution is -2.50. The van der Waals surface area contributed by atoms with Crippen molar-refractivity contribution in [1.29, 1.82) is 0 Å². The van der Waals surface area contributed by atoms with Gasteiger partial charge in [-0.05, 0) is 45.7 Å². The van der Waals surface area contributed by atoms with E-state index >= 15 is 0 Å². The molecule has 1 aliphatic rings. The summed E-state index contributed by atoms with van der Waals surface area (Å²) in [6.07, 6.45) is 4.88. The van der Waals surface area contributed by atoms with E-state index in [1.165, 1.54) is 6.07 Å². The molecule has 1 amide bonds. The highest BCUT2D eigenvalue weighted by Gasteiger charge is 2.29. The quantitative estimate of drug-likeness (QED) is 0.878. The zero-order valence-corrected chi connectivity index (χ0v) is 13.4. The minimum Gasteiger partial charge on any atom is -0.444 e. The van der Waals surface area contributed by atoms with Gasteiger partial charge in [-0.2, -0.15) is 0 Å². The molecule has 1 aromatic rings. The third-order valence-electron chi connectivity index (χ3n) is 3.55. The molecule has 0 aliphatic heterocycles. The third kappa shape index (κ3) is 6.04. The van der Waals surface area contributed by atoms with Crippen LogP contribution < -0.4 is 10.6 Å². The van der Waals surface area contributed by atoms with Crippen molar-refractivity contribution >= 4 is 11.9 Å². The molecule has 0 aromatic carbocycles. The first-order valence-corrected chi connectivity index (χ1v) is 7.72. The van der Waals surface area contributed by atoms with Gasteiger partial charge in [0.1, 0.15) is 5.60 Å². The number of nitrogens with zero attached hydrogens (tertiary/aromatic N) is 1. The van der Waals surface area contributed by atoms with Crippen molar-refractivity contribution in [1.82, 2.24) is 10.3 Å². The number of ether oxygens (including phenoxy) is 1. The molecule has 0 radical (unpaired) electrons. The molecular weight excluding hydrogens is 297 g/mol. The Kier molecular flexibility index (Phi) is 6.79. The van der Waals surface area contributed by atoms with Gasteiger partial charge in [-0.1, -0.05) is 20.3 Å². The average molecular weight is 325 g/mol. The number of halogens is 1. The van der Waals surface area contributed by atoms with Crippen molar-refractivity contribution in [3.8, 4) is 0 Å². The molecule has 5 nitrogen and oxygen atoms in total. The van der Waals surface area contributed by atoms with Gasteiger partial charge in [0.25, 0.3) is 0 Å². The predicted octanol–water partition coefficient (Wildman–Crippen LogP) is 4.10. The topological polar surface area (TPSA) is 63.2 Å². The van der Waals surface area contributed by atoms with Crippen LogP contribution in [0, 0.1) is 5.82 Å². The zero-order chi connectivity index (χ0) is 16.2. The van der Waals surface area contributed by atoms with E-state index in [0.29, 0.717) is 0 Å². The zero-order valence-electron chi connectivity index (χ0n) is 13.4. The van der Waals surface area contributed by atoms with Gasteiger partial charge in [-0.15, -0.1) is 0 Å². The average Bonchev–Trinajstić information content (AvgIpc) is 2.41. The standard InChI is InChI=1S/C16H24FN3O2.CH4/c1-16(2,3)22-15(21)20-13-9-5-4-8-12(13)19-14-11(17)7-6-10-18-14;/h6-7,10,12-13H,4-5,8-9H2,1-3H3,(H,18,19)(H,20,21);1H4/t12-,13-;/m1./s1. The highest BCUT2D eigenvalue weighted by Crippen LogP contribution is 2.23. The number of carbonyl (C=O) groups excluding carboxylic acids is 1. The summed E-state index contributed by atoms with van der Waals surface area (Å²) in [5.41, 5.74) is -0.533. The molecule has 1 aliphatic carbocycles. The van der Waals surface area contributed by atoms with E-state index in [1.807, 2.05) is 20.8 Å². The summed E-state index contributed by atoms with van der Waals surface area (Å²) >= 11 is 0. The number of nitrogens with one attached hydrogen (secondary N) is 2. The normalized spacial score (nSPS) is 21.0. The SMILES string of the molecule is C.CC(C)(C)OC(=O)N[C@@H]1CCCC[C@H]1Nc1ncccc1F. The van der Waals surface area contributed by atoms with Crippen LogP contribution in [0.5, 0.6) is 0 Å².